The highest BCUT2D eigenvalue weighted by Gasteiger charge is 2.32. The first-order valence-corrected chi connectivity index (χ1v) is 16.0. The fourth-order valence-electron chi connectivity index (χ4n) is 3.10. The van der Waals surface area contributed by atoms with Crippen LogP contribution in [0.4, 0.5) is 5.69 Å². The molecule has 1 aromatic carbocycles. The van der Waals surface area contributed by atoms with Crippen LogP contribution in [0.2, 0.25) is 5.02 Å². The number of thiazole rings is 1. The van der Waals surface area contributed by atoms with Crippen LogP contribution < -0.4 is 14.2 Å². The van der Waals surface area contributed by atoms with E-state index in [0.29, 0.717) is 20.7 Å². The highest BCUT2D eigenvalue weighted by atomic mass is 79.9. The molecule has 0 unspecified atom stereocenters. The molecule has 1 amide bonds. The van der Waals surface area contributed by atoms with Crippen molar-refractivity contribution in [2.75, 3.05) is 17.0 Å². The number of carbonyl (C=O) groups is 1. The Hall–Kier alpha value is -1.20. The van der Waals surface area contributed by atoms with Gasteiger partial charge >= 0.3 is 0 Å². The lowest BCUT2D eigenvalue weighted by atomic mass is 10.3. The van der Waals surface area contributed by atoms with E-state index in [1.54, 1.807) is 28.8 Å². The molecule has 0 bridgehead atoms. The van der Waals surface area contributed by atoms with Gasteiger partial charge in [-0.1, -0.05) is 34.7 Å². The Bertz CT molecular complexity index is 1530. The third kappa shape index (κ3) is 5.90. The number of sulfonamides is 1. The number of nitrogens with zero attached hydrogens (tertiary/aromatic N) is 2. The molecule has 2 aromatic heterocycles. The Morgan fingerprint density at radius 2 is 2.00 bits per heavy atom. The minimum atomic E-state index is -4.37. The molecule has 0 aliphatic carbocycles. The summed E-state index contributed by atoms with van der Waals surface area (Å²) >= 11 is 13.6. The second kappa shape index (κ2) is 9.11. The maximum atomic E-state index is 12.4. The molecule has 33 heavy (non-hydrogen) atoms. The van der Waals surface area contributed by atoms with E-state index in [9.17, 15) is 26.2 Å². The van der Waals surface area contributed by atoms with Crippen LogP contribution >= 0.6 is 62.0 Å². The zero-order chi connectivity index (χ0) is 24.1. The zero-order valence-electron chi connectivity index (χ0n) is 16.5. The standard InChI is InChI=1S/C17H13BrClN3O6S5/c1-32(24,25)20-14(23)7-21-11-5-13(18)30-17(11)31-15(21)6-16-22(8-33(26,27)28)10-4-9(19)2-3-12(10)29-16/h2-6H,7-8H2,1H3,(H-,20,23,26,27,28)/p+1. The summed E-state index contributed by atoms with van der Waals surface area (Å²) in [5.41, 5.74) is 1.25. The fraction of sp³-hybridized carbons (Fsp3) is 0.176. The summed E-state index contributed by atoms with van der Waals surface area (Å²) in [6.07, 6.45) is 2.59. The summed E-state index contributed by atoms with van der Waals surface area (Å²) < 4.78 is 61.1. The van der Waals surface area contributed by atoms with Crippen molar-refractivity contribution in [2.45, 2.75) is 11.4 Å². The number of rotatable bonds is 6. The van der Waals surface area contributed by atoms with Crippen molar-refractivity contribution in [3.8, 4) is 0 Å². The molecule has 3 aromatic rings. The number of anilines is 1. The lowest BCUT2D eigenvalue weighted by molar-refractivity contribution is -0.655. The van der Waals surface area contributed by atoms with Gasteiger partial charge < -0.3 is 4.90 Å². The van der Waals surface area contributed by atoms with E-state index in [1.165, 1.54) is 39.3 Å². The van der Waals surface area contributed by atoms with Gasteiger partial charge in [-0.2, -0.15) is 13.0 Å². The average Bonchev–Trinajstić information content (AvgIpc) is 3.26. The molecule has 0 saturated carbocycles. The van der Waals surface area contributed by atoms with Crippen molar-refractivity contribution in [2.24, 2.45) is 0 Å². The van der Waals surface area contributed by atoms with Crippen molar-refractivity contribution in [1.29, 1.82) is 0 Å². The van der Waals surface area contributed by atoms with Gasteiger partial charge in [0.2, 0.25) is 22.1 Å². The number of thiophene rings is 1. The van der Waals surface area contributed by atoms with Gasteiger partial charge in [0.15, 0.2) is 9.89 Å². The first-order valence-electron chi connectivity index (χ1n) is 8.83. The van der Waals surface area contributed by atoms with Crippen molar-refractivity contribution in [3.05, 3.63) is 43.1 Å². The third-order valence-electron chi connectivity index (χ3n) is 4.24. The van der Waals surface area contributed by atoms with Gasteiger partial charge in [0.1, 0.15) is 0 Å². The summed E-state index contributed by atoms with van der Waals surface area (Å²) in [7, 11) is -8.10. The first kappa shape index (κ1) is 24.9. The van der Waals surface area contributed by atoms with Gasteiger partial charge in [0.25, 0.3) is 21.0 Å². The van der Waals surface area contributed by atoms with Crippen molar-refractivity contribution >= 4 is 109 Å². The Kier molecular flexibility index (Phi) is 6.88. The largest absolute Gasteiger partial charge is 0.317 e. The lowest BCUT2D eigenvalue weighted by Gasteiger charge is -2.18. The van der Waals surface area contributed by atoms with Crippen LogP contribution in [-0.2, 0) is 31.5 Å². The minimum Gasteiger partial charge on any atom is -0.317 e. The third-order valence-corrected chi connectivity index (χ3v) is 9.63. The number of thioether (sulfide) groups is 1. The fourth-order valence-corrected chi connectivity index (χ4v) is 8.83. The normalized spacial score (nSPS) is 15.4. The Morgan fingerprint density at radius 3 is 2.67 bits per heavy atom. The van der Waals surface area contributed by atoms with Crippen molar-refractivity contribution < 1.29 is 30.7 Å². The number of hydrogen-bond acceptors (Lipinski definition) is 9. The number of benzene rings is 1. The monoisotopic (exact) mass is 630 g/mol. The molecule has 176 valence electrons. The molecule has 16 heteroatoms. The van der Waals surface area contributed by atoms with Gasteiger partial charge in [0, 0.05) is 16.0 Å². The van der Waals surface area contributed by atoms with Gasteiger partial charge in [-0.15, -0.1) is 11.3 Å². The lowest BCUT2D eigenvalue weighted by Crippen LogP contribution is -2.45. The summed E-state index contributed by atoms with van der Waals surface area (Å²) in [4.78, 5) is 14.5. The van der Waals surface area contributed by atoms with E-state index in [2.05, 4.69) is 15.9 Å². The van der Waals surface area contributed by atoms with Crippen molar-refractivity contribution in [1.82, 2.24) is 4.72 Å². The second-order valence-electron chi connectivity index (χ2n) is 6.88. The summed E-state index contributed by atoms with van der Waals surface area (Å²) in [5.74, 6) is -1.40. The summed E-state index contributed by atoms with van der Waals surface area (Å²) in [6.45, 7) is -0.267. The van der Waals surface area contributed by atoms with E-state index in [4.69, 9.17) is 11.6 Å². The van der Waals surface area contributed by atoms with Crippen LogP contribution in [0.1, 0.15) is 5.01 Å². The number of amides is 1. The van der Waals surface area contributed by atoms with E-state index >= 15 is 0 Å². The average molecular weight is 632 g/mol. The maximum Gasteiger partial charge on any atom is 0.299 e. The van der Waals surface area contributed by atoms with Crippen LogP contribution in [0, 0.1) is 0 Å². The van der Waals surface area contributed by atoms with Gasteiger partial charge in [-0.3, -0.25) is 9.35 Å². The number of nitrogens with one attached hydrogen (secondary N) is 1. The number of hydrogen-bond donors (Lipinski definition) is 2. The minimum absolute atomic E-state index is 0.267. The molecule has 0 radical (unpaired) electrons. The molecular weight excluding hydrogens is 618 g/mol. The zero-order valence-corrected chi connectivity index (χ0v) is 22.9. The molecule has 9 nitrogen and oxygen atoms in total. The molecule has 0 fully saturated rings. The van der Waals surface area contributed by atoms with Gasteiger partial charge in [-0.05, 0) is 34.1 Å². The summed E-state index contributed by atoms with van der Waals surface area (Å²) in [5, 5.41) is 1.49. The Morgan fingerprint density at radius 1 is 1.27 bits per heavy atom. The number of halogens is 2. The van der Waals surface area contributed by atoms with Crippen LogP contribution in [0.5, 0.6) is 0 Å². The van der Waals surface area contributed by atoms with E-state index < -0.39 is 31.9 Å². The van der Waals surface area contributed by atoms with Crippen molar-refractivity contribution in [3.63, 3.8) is 0 Å². The van der Waals surface area contributed by atoms with Crippen LogP contribution in [0.3, 0.4) is 0 Å². The molecular formula is C17H14BrClN3O6S5+. The first-order chi connectivity index (χ1) is 15.3. The molecule has 0 spiro atoms. The topological polar surface area (TPSA) is 125 Å². The molecule has 1 aliphatic rings. The molecule has 0 atom stereocenters. The predicted octanol–water partition coefficient (Wildman–Crippen LogP) is 3.50. The summed E-state index contributed by atoms with van der Waals surface area (Å²) in [6, 6.07) is 6.85. The van der Waals surface area contributed by atoms with Crippen LogP contribution in [-0.4, -0.2) is 39.4 Å². The SMILES string of the molecule is CS(=O)(=O)NC(=O)C[n+]1c(C=C2Sc3ccc(Cl)cc3N2CS(=O)(=O)O)sc2sc(Br)cc21. The van der Waals surface area contributed by atoms with E-state index in [-0.39, 0.29) is 6.54 Å². The molecule has 0 saturated heterocycles. The molecule has 2 N–H and O–H groups in total. The number of aromatic nitrogens is 1. The highest BCUT2D eigenvalue weighted by Crippen LogP contribution is 2.48. The molecule has 1 aliphatic heterocycles. The van der Waals surface area contributed by atoms with Crippen LogP contribution in [0.25, 0.3) is 15.6 Å². The maximum absolute atomic E-state index is 12.4. The Labute approximate surface area is 215 Å². The number of carbonyl (C=O) groups excluding carboxylic acids is 1. The van der Waals surface area contributed by atoms with Gasteiger partial charge in [-0.25, -0.2) is 13.1 Å². The predicted molar refractivity (Wildman–Crippen MR) is 135 cm³/mol. The quantitative estimate of drug-likeness (QED) is 0.313. The molecule has 3 heterocycles. The van der Waals surface area contributed by atoms with E-state index in [0.717, 1.165) is 24.5 Å². The van der Waals surface area contributed by atoms with Crippen LogP contribution in [0.15, 0.2) is 38.0 Å². The van der Waals surface area contributed by atoms with Gasteiger partial charge in [0.05, 0.1) is 26.8 Å². The second-order valence-corrected chi connectivity index (χ2v) is 15.3. The Balaban J connectivity index is 1.80. The molecule has 4 rings (SSSR count). The number of fused-ring (bicyclic) bond motifs is 2. The smallest absolute Gasteiger partial charge is 0.299 e. The van der Waals surface area contributed by atoms with E-state index in [1.807, 2.05) is 10.8 Å². The highest BCUT2D eigenvalue weighted by molar-refractivity contribution is 9.11.